The monoisotopic (exact) mass is 715 g/mol. The van der Waals surface area contributed by atoms with E-state index in [1.54, 1.807) is 41.5 Å². The van der Waals surface area contributed by atoms with Gasteiger partial charge in [-0.25, -0.2) is 18.2 Å². The van der Waals surface area contributed by atoms with E-state index >= 15 is 0 Å². The number of amides is 4. The number of sulfonamides is 1. The summed E-state index contributed by atoms with van der Waals surface area (Å²) in [5.74, 6) is -3.42. The summed E-state index contributed by atoms with van der Waals surface area (Å²) in [6.07, 6.45) is 2.09. The summed E-state index contributed by atoms with van der Waals surface area (Å²) in [5, 5.41) is 25.7. The van der Waals surface area contributed by atoms with Crippen LogP contribution in [0.5, 0.6) is 17.4 Å². The number of likely N-dealkylation sites (tertiary alicyclic amines) is 1. The largest absolute Gasteiger partial charge is 0.504 e. The first-order chi connectivity index (χ1) is 23.2. The second-order valence-electron chi connectivity index (χ2n) is 15.3. The van der Waals surface area contributed by atoms with Crippen LogP contribution in [0.25, 0.3) is 10.8 Å². The first-order valence-electron chi connectivity index (χ1n) is 16.4. The Morgan fingerprint density at radius 1 is 1.08 bits per heavy atom. The molecule has 5 N–H and O–H groups in total. The molecule has 2 saturated carbocycles. The molecule has 3 fully saturated rings. The number of nitrogens with zero attached hydrogens (tertiary/aromatic N) is 2. The summed E-state index contributed by atoms with van der Waals surface area (Å²) in [7, 11) is -3.92. The highest BCUT2D eigenvalue weighted by Crippen LogP contribution is 2.46. The molecule has 1 aromatic heterocycles. The lowest BCUT2D eigenvalue weighted by atomic mass is 9.85. The fraction of sp³-hybridized carbons (Fsp3) is 0.559. The first kappa shape index (κ1) is 36.7. The van der Waals surface area contributed by atoms with Gasteiger partial charge in [0, 0.05) is 29.3 Å². The molecule has 2 heterocycles. The van der Waals surface area contributed by atoms with Crippen LogP contribution in [0.2, 0.25) is 0 Å². The summed E-state index contributed by atoms with van der Waals surface area (Å²) in [5.41, 5.74) is -3.30. The van der Waals surface area contributed by atoms with E-state index in [2.05, 4.69) is 26.9 Å². The molecule has 0 radical (unpaired) electrons. The number of rotatable bonds is 10. The van der Waals surface area contributed by atoms with Gasteiger partial charge in [0.1, 0.15) is 29.3 Å². The number of aromatic nitrogens is 1. The number of phenols is 2. The van der Waals surface area contributed by atoms with E-state index in [0.29, 0.717) is 18.2 Å². The Morgan fingerprint density at radius 3 is 2.34 bits per heavy atom. The number of benzene rings is 1. The van der Waals surface area contributed by atoms with Crippen LogP contribution in [-0.2, 0) is 29.1 Å². The average Bonchev–Trinajstić information content (AvgIpc) is 3.93. The number of pyridine rings is 1. The zero-order chi connectivity index (χ0) is 37.0. The van der Waals surface area contributed by atoms with Crippen LogP contribution < -0.4 is 20.1 Å². The van der Waals surface area contributed by atoms with Crippen molar-refractivity contribution in [3.8, 4) is 17.4 Å². The first-order valence-corrected chi connectivity index (χ1v) is 18.0. The topological polar surface area (TPSA) is 214 Å². The SMILES string of the molecule is C=C[C@@H]1C[C@]1(NC(=O)[C@@H]1C[C@@H](Oc2nccc3c(O)c(O)ccc23)CN1C(=O)[C@@H](NC(=O)OC(C)(C)C)C(C)(C)C)C(=O)NS(=O)(=O)C1CC1. The Bertz CT molecular complexity index is 1830. The van der Waals surface area contributed by atoms with E-state index in [0.717, 1.165) is 0 Å². The van der Waals surface area contributed by atoms with E-state index < -0.39 is 79.7 Å². The minimum absolute atomic E-state index is 0.0696. The van der Waals surface area contributed by atoms with Crippen molar-refractivity contribution >= 4 is 44.6 Å². The van der Waals surface area contributed by atoms with Crippen molar-refractivity contribution in [3.63, 3.8) is 0 Å². The molecule has 0 spiro atoms. The predicted molar refractivity (Wildman–Crippen MR) is 181 cm³/mol. The molecule has 5 rings (SSSR count). The summed E-state index contributed by atoms with van der Waals surface area (Å²) < 4.78 is 39.0. The summed E-state index contributed by atoms with van der Waals surface area (Å²) in [6, 6.07) is 1.90. The van der Waals surface area contributed by atoms with Crippen LogP contribution in [-0.4, -0.2) is 93.5 Å². The van der Waals surface area contributed by atoms with Gasteiger partial charge in [0.15, 0.2) is 11.5 Å². The van der Waals surface area contributed by atoms with Crippen LogP contribution in [0.4, 0.5) is 4.79 Å². The molecular weight excluding hydrogens is 670 g/mol. The van der Waals surface area contributed by atoms with Crippen molar-refractivity contribution in [2.45, 2.75) is 102 Å². The molecule has 3 aliphatic rings. The Labute approximate surface area is 290 Å². The molecule has 15 nitrogen and oxygen atoms in total. The maximum absolute atomic E-state index is 14.4. The number of ether oxygens (including phenoxy) is 2. The second-order valence-corrected chi connectivity index (χ2v) is 17.2. The van der Waals surface area contributed by atoms with Gasteiger partial charge in [-0.2, -0.15) is 0 Å². The minimum Gasteiger partial charge on any atom is -0.504 e. The zero-order valence-corrected chi connectivity index (χ0v) is 29.8. The highest BCUT2D eigenvalue weighted by atomic mass is 32.2. The summed E-state index contributed by atoms with van der Waals surface area (Å²) in [4.78, 5) is 60.4. The van der Waals surface area contributed by atoms with Crippen LogP contribution in [0.15, 0.2) is 37.1 Å². The highest BCUT2D eigenvalue weighted by molar-refractivity contribution is 7.91. The van der Waals surface area contributed by atoms with Crippen molar-refractivity contribution in [2.24, 2.45) is 11.3 Å². The van der Waals surface area contributed by atoms with Gasteiger partial charge < -0.3 is 35.2 Å². The van der Waals surface area contributed by atoms with Gasteiger partial charge in [-0.15, -0.1) is 6.58 Å². The minimum atomic E-state index is -3.92. The predicted octanol–water partition coefficient (Wildman–Crippen LogP) is 2.60. The Balaban J connectivity index is 1.45. The quantitative estimate of drug-likeness (QED) is 0.178. The molecular formula is C34H45N5O10S. The fourth-order valence-corrected chi connectivity index (χ4v) is 7.45. The molecule has 2 aromatic rings. The molecule has 5 atom stereocenters. The third kappa shape index (κ3) is 7.59. The normalized spacial score (nSPS) is 24.2. The second kappa shape index (κ2) is 12.9. The average molecular weight is 716 g/mol. The van der Waals surface area contributed by atoms with Crippen LogP contribution >= 0.6 is 0 Å². The molecule has 0 unspecified atom stereocenters. The molecule has 16 heteroatoms. The van der Waals surface area contributed by atoms with Crippen LogP contribution in [0, 0.1) is 11.3 Å². The van der Waals surface area contributed by atoms with Crippen LogP contribution in [0.1, 0.15) is 67.2 Å². The third-order valence-electron chi connectivity index (χ3n) is 9.01. The van der Waals surface area contributed by atoms with E-state index in [1.807, 2.05) is 0 Å². The lowest BCUT2D eigenvalue weighted by molar-refractivity contribution is -0.143. The van der Waals surface area contributed by atoms with Gasteiger partial charge in [-0.3, -0.25) is 19.1 Å². The molecule has 1 saturated heterocycles. The molecule has 2 aliphatic carbocycles. The Morgan fingerprint density at radius 2 is 1.76 bits per heavy atom. The maximum Gasteiger partial charge on any atom is 0.408 e. The summed E-state index contributed by atoms with van der Waals surface area (Å²) >= 11 is 0. The molecule has 0 bridgehead atoms. The van der Waals surface area contributed by atoms with Crippen molar-refractivity contribution in [2.75, 3.05) is 6.54 Å². The van der Waals surface area contributed by atoms with Crippen LogP contribution in [0.3, 0.4) is 0 Å². The zero-order valence-electron chi connectivity index (χ0n) is 29.0. The molecule has 272 valence electrons. The van der Waals surface area contributed by atoms with Crippen molar-refractivity contribution < 1.29 is 47.3 Å². The maximum atomic E-state index is 14.4. The van der Waals surface area contributed by atoms with Gasteiger partial charge >= 0.3 is 6.09 Å². The lowest BCUT2D eigenvalue weighted by Crippen LogP contribution is -2.60. The van der Waals surface area contributed by atoms with E-state index in [1.165, 1.54) is 35.4 Å². The van der Waals surface area contributed by atoms with Crippen molar-refractivity contribution in [1.29, 1.82) is 0 Å². The Kier molecular flexibility index (Phi) is 9.49. The number of nitrogens with one attached hydrogen (secondary N) is 3. The lowest BCUT2D eigenvalue weighted by Gasteiger charge is -2.36. The number of hydrogen-bond donors (Lipinski definition) is 5. The summed E-state index contributed by atoms with van der Waals surface area (Å²) in [6.45, 7) is 13.9. The van der Waals surface area contributed by atoms with Crippen molar-refractivity contribution in [1.82, 2.24) is 25.2 Å². The standard InChI is InChI=1S/C34H45N5O10S/c1-8-18-16-34(18,30(44)38-50(46,47)20-9-10-20)37-27(42)23-15-19(48-28-22-11-12-24(40)25(41)21(22)13-14-35-28)17-39(23)29(43)26(32(2,3)4)36-31(45)49-33(5,6)7/h8,11-14,18-20,23,26,40-41H,1,9-10,15-17H2,2-7H3,(H,36,45)(H,37,42)(H,38,44)/t18-,19-,23+,26-,34-/m1/s1. The van der Waals surface area contributed by atoms with Gasteiger partial charge in [0.25, 0.3) is 5.91 Å². The van der Waals surface area contributed by atoms with Gasteiger partial charge in [-0.1, -0.05) is 26.8 Å². The van der Waals surface area contributed by atoms with E-state index in [-0.39, 0.29) is 42.2 Å². The number of hydrogen-bond acceptors (Lipinski definition) is 11. The number of fused-ring (bicyclic) bond motifs is 1. The number of aromatic hydroxyl groups is 2. The molecule has 1 aromatic carbocycles. The Hall–Kier alpha value is -4.60. The highest BCUT2D eigenvalue weighted by Gasteiger charge is 2.62. The van der Waals surface area contributed by atoms with Gasteiger partial charge in [-0.05, 0) is 63.6 Å². The number of carbonyl (C=O) groups excluding carboxylic acids is 4. The number of carbonyl (C=O) groups is 4. The number of phenolic OH excluding ortho intramolecular Hbond substituents is 2. The van der Waals surface area contributed by atoms with E-state index in [9.17, 15) is 37.8 Å². The van der Waals surface area contributed by atoms with Crippen molar-refractivity contribution in [3.05, 3.63) is 37.1 Å². The van der Waals surface area contributed by atoms with Gasteiger partial charge in [0.2, 0.25) is 27.7 Å². The smallest absolute Gasteiger partial charge is 0.408 e. The van der Waals surface area contributed by atoms with Gasteiger partial charge in [0.05, 0.1) is 11.8 Å². The molecule has 50 heavy (non-hydrogen) atoms. The number of alkyl carbamates (subject to hydrolysis) is 1. The fourth-order valence-electron chi connectivity index (χ4n) is 6.09. The third-order valence-corrected chi connectivity index (χ3v) is 10.8. The molecule has 1 aliphatic heterocycles. The molecule has 4 amide bonds. The van der Waals surface area contributed by atoms with E-state index in [4.69, 9.17) is 9.47 Å².